The van der Waals surface area contributed by atoms with Gasteiger partial charge < -0.3 is 10.6 Å². The zero-order chi connectivity index (χ0) is 13.1. The average molecular weight is 245 g/mol. The molecule has 1 amide bonds. The second-order valence-corrected chi connectivity index (χ2v) is 3.84. The van der Waals surface area contributed by atoms with Crippen LogP contribution in [0.5, 0.6) is 0 Å². The summed E-state index contributed by atoms with van der Waals surface area (Å²) in [6.07, 6.45) is 4.78. The molecule has 2 rings (SSSR count). The number of pyridine rings is 1. The number of carbonyl (C=O) groups excluding carboxylic acids is 1. The van der Waals surface area contributed by atoms with Crippen molar-refractivity contribution in [3.8, 4) is 0 Å². The molecule has 94 valence electrons. The van der Waals surface area contributed by atoms with Crippen molar-refractivity contribution in [2.75, 3.05) is 17.7 Å². The monoisotopic (exact) mass is 245 g/mol. The Balaban J connectivity index is 2.34. The summed E-state index contributed by atoms with van der Waals surface area (Å²) in [5.74, 6) is -0.195. The number of aromatic nitrogens is 3. The fraction of sp³-hybridized carbons (Fsp3) is 0.250. The summed E-state index contributed by atoms with van der Waals surface area (Å²) in [7, 11) is 1.69. The molecule has 0 saturated heterocycles. The van der Waals surface area contributed by atoms with E-state index in [0.29, 0.717) is 23.6 Å². The number of nitrogens with two attached hydrogens (primary N) is 1. The Morgan fingerprint density at radius 1 is 1.50 bits per heavy atom. The van der Waals surface area contributed by atoms with Crippen molar-refractivity contribution in [3.63, 3.8) is 0 Å². The average Bonchev–Trinajstić information content (AvgIpc) is 2.79. The van der Waals surface area contributed by atoms with Crippen molar-refractivity contribution in [1.29, 1.82) is 0 Å². The van der Waals surface area contributed by atoms with Gasteiger partial charge in [-0.25, -0.2) is 0 Å². The molecule has 0 aliphatic rings. The maximum Gasteiger partial charge on any atom is 0.278 e. The summed E-state index contributed by atoms with van der Waals surface area (Å²) in [5, 5.41) is 4.06. The number of nitrogens with zero attached hydrogens (tertiary/aromatic N) is 4. The highest BCUT2D eigenvalue weighted by molar-refractivity contribution is 6.07. The molecule has 0 bridgehead atoms. The molecule has 0 aliphatic heterocycles. The van der Waals surface area contributed by atoms with E-state index in [-0.39, 0.29) is 5.91 Å². The van der Waals surface area contributed by atoms with Crippen LogP contribution in [0.1, 0.15) is 17.4 Å². The van der Waals surface area contributed by atoms with Crippen LogP contribution in [0.4, 0.5) is 11.4 Å². The van der Waals surface area contributed by atoms with Crippen LogP contribution in [0.2, 0.25) is 0 Å². The van der Waals surface area contributed by atoms with E-state index >= 15 is 0 Å². The molecule has 0 saturated carbocycles. The number of nitrogen functional groups attached to an aromatic ring is 1. The lowest BCUT2D eigenvalue weighted by Crippen LogP contribution is -2.29. The number of rotatable bonds is 3. The summed E-state index contributed by atoms with van der Waals surface area (Å²) in [6.45, 7) is 2.51. The van der Waals surface area contributed by atoms with Crippen molar-refractivity contribution < 1.29 is 4.79 Å². The van der Waals surface area contributed by atoms with E-state index in [1.165, 1.54) is 11.1 Å². The van der Waals surface area contributed by atoms with Crippen LogP contribution in [0, 0.1) is 0 Å². The van der Waals surface area contributed by atoms with Gasteiger partial charge in [-0.15, -0.1) is 0 Å². The summed E-state index contributed by atoms with van der Waals surface area (Å²) >= 11 is 0. The Hall–Kier alpha value is -2.37. The lowest BCUT2D eigenvalue weighted by molar-refractivity contribution is 0.0983. The first-order valence-electron chi connectivity index (χ1n) is 5.64. The molecule has 2 heterocycles. The fourth-order valence-electron chi connectivity index (χ4n) is 1.70. The lowest BCUT2D eigenvalue weighted by Gasteiger charge is -2.17. The predicted molar refractivity (Wildman–Crippen MR) is 69.3 cm³/mol. The second kappa shape index (κ2) is 4.87. The van der Waals surface area contributed by atoms with Crippen molar-refractivity contribution in [3.05, 3.63) is 36.4 Å². The van der Waals surface area contributed by atoms with E-state index in [2.05, 4.69) is 10.1 Å². The third-order valence-electron chi connectivity index (χ3n) is 2.71. The van der Waals surface area contributed by atoms with Crippen molar-refractivity contribution in [2.45, 2.75) is 13.5 Å². The summed E-state index contributed by atoms with van der Waals surface area (Å²) in [6, 6.07) is 3.59. The second-order valence-electron chi connectivity index (χ2n) is 3.84. The SMILES string of the molecule is CCn1ncc(N)c1C(=O)N(C)c1cccnc1. The zero-order valence-electron chi connectivity index (χ0n) is 10.4. The highest BCUT2D eigenvalue weighted by Gasteiger charge is 2.20. The first-order chi connectivity index (χ1) is 8.65. The number of amides is 1. The predicted octanol–water partition coefficient (Wildman–Crippen LogP) is 1.16. The van der Waals surface area contributed by atoms with Crippen LogP contribution in [-0.4, -0.2) is 27.7 Å². The Morgan fingerprint density at radius 3 is 2.89 bits per heavy atom. The molecule has 2 N–H and O–H groups in total. The Bertz CT molecular complexity index is 549. The smallest absolute Gasteiger partial charge is 0.278 e. The van der Waals surface area contributed by atoms with Crippen LogP contribution in [0.15, 0.2) is 30.7 Å². The van der Waals surface area contributed by atoms with Gasteiger partial charge in [-0.1, -0.05) is 0 Å². The Morgan fingerprint density at radius 2 is 2.28 bits per heavy atom. The molecule has 18 heavy (non-hydrogen) atoms. The van der Waals surface area contributed by atoms with Gasteiger partial charge in [0.2, 0.25) is 0 Å². The van der Waals surface area contributed by atoms with Gasteiger partial charge in [0.15, 0.2) is 0 Å². The molecule has 0 radical (unpaired) electrons. The van der Waals surface area contributed by atoms with Gasteiger partial charge in [-0.3, -0.25) is 14.5 Å². The fourth-order valence-corrected chi connectivity index (χ4v) is 1.70. The summed E-state index contributed by atoms with van der Waals surface area (Å²) in [4.78, 5) is 17.9. The van der Waals surface area contributed by atoms with Crippen LogP contribution in [-0.2, 0) is 6.54 Å². The summed E-state index contributed by atoms with van der Waals surface area (Å²) < 4.78 is 1.59. The zero-order valence-corrected chi connectivity index (χ0v) is 10.4. The molecule has 0 unspecified atom stereocenters. The summed E-state index contributed by atoms with van der Waals surface area (Å²) in [5.41, 5.74) is 7.29. The molecule has 0 fully saturated rings. The van der Waals surface area contributed by atoms with Crippen LogP contribution < -0.4 is 10.6 Å². The molecule has 2 aromatic rings. The van der Waals surface area contributed by atoms with Crippen molar-refractivity contribution >= 4 is 17.3 Å². The van der Waals surface area contributed by atoms with Crippen LogP contribution in [0.3, 0.4) is 0 Å². The minimum atomic E-state index is -0.195. The molecule has 0 atom stereocenters. The minimum Gasteiger partial charge on any atom is -0.396 e. The number of aryl methyl sites for hydroxylation is 1. The number of hydrogen-bond donors (Lipinski definition) is 1. The van der Waals surface area contributed by atoms with Gasteiger partial charge >= 0.3 is 0 Å². The molecule has 6 heteroatoms. The topological polar surface area (TPSA) is 77.0 Å². The standard InChI is InChI=1S/C12H15N5O/c1-3-17-11(10(13)8-15-17)12(18)16(2)9-5-4-6-14-7-9/h4-8H,3,13H2,1-2H3. The van der Waals surface area contributed by atoms with E-state index in [1.807, 2.05) is 13.0 Å². The highest BCUT2D eigenvalue weighted by atomic mass is 16.2. The molecular formula is C12H15N5O. The van der Waals surface area contributed by atoms with E-state index in [0.717, 1.165) is 0 Å². The highest BCUT2D eigenvalue weighted by Crippen LogP contribution is 2.17. The molecule has 2 aromatic heterocycles. The van der Waals surface area contributed by atoms with Crippen molar-refractivity contribution in [2.24, 2.45) is 0 Å². The first kappa shape index (κ1) is 12.1. The third-order valence-corrected chi connectivity index (χ3v) is 2.71. The quantitative estimate of drug-likeness (QED) is 0.880. The molecule has 0 spiro atoms. The van der Waals surface area contributed by atoms with Gasteiger partial charge in [-0.05, 0) is 19.1 Å². The van der Waals surface area contributed by atoms with E-state index in [4.69, 9.17) is 5.73 Å². The Labute approximate surface area is 105 Å². The third kappa shape index (κ3) is 2.04. The maximum atomic E-state index is 12.4. The van der Waals surface area contributed by atoms with Gasteiger partial charge in [0.25, 0.3) is 5.91 Å². The van der Waals surface area contributed by atoms with Gasteiger partial charge in [0.1, 0.15) is 5.69 Å². The Kier molecular flexibility index (Phi) is 3.27. The van der Waals surface area contributed by atoms with Crippen molar-refractivity contribution in [1.82, 2.24) is 14.8 Å². The largest absolute Gasteiger partial charge is 0.396 e. The molecule has 6 nitrogen and oxygen atoms in total. The number of carbonyl (C=O) groups is 1. The number of hydrogen-bond acceptors (Lipinski definition) is 4. The van der Waals surface area contributed by atoms with E-state index < -0.39 is 0 Å². The molecule has 0 aliphatic carbocycles. The van der Waals surface area contributed by atoms with E-state index in [9.17, 15) is 4.79 Å². The first-order valence-corrected chi connectivity index (χ1v) is 5.64. The molecular weight excluding hydrogens is 230 g/mol. The van der Waals surface area contributed by atoms with E-state index in [1.54, 1.807) is 30.2 Å². The maximum absolute atomic E-state index is 12.4. The van der Waals surface area contributed by atoms with Crippen LogP contribution >= 0.6 is 0 Å². The van der Waals surface area contributed by atoms with Gasteiger partial charge in [0.05, 0.1) is 23.8 Å². The van der Waals surface area contributed by atoms with Gasteiger partial charge in [0, 0.05) is 19.8 Å². The molecule has 0 aromatic carbocycles. The lowest BCUT2D eigenvalue weighted by atomic mass is 10.3. The van der Waals surface area contributed by atoms with Gasteiger partial charge in [-0.2, -0.15) is 5.10 Å². The normalized spacial score (nSPS) is 10.3. The minimum absolute atomic E-state index is 0.195. The number of anilines is 2. The van der Waals surface area contributed by atoms with Crippen LogP contribution in [0.25, 0.3) is 0 Å².